The lowest BCUT2D eigenvalue weighted by Gasteiger charge is -2.24. The first kappa shape index (κ1) is 19.2. The van der Waals surface area contributed by atoms with Gasteiger partial charge >= 0.3 is 0 Å². The highest BCUT2D eigenvalue weighted by Gasteiger charge is 2.34. The maximum absolute atomic E-state index is 9.67. The molecule has 2 aromatic carbocycles. The quantitative estimate of drug-likeness (QED) is 0.622. The summed E-state index contributed by atoms with van der Waals surface area (Å²) in [4.78, 5) is 0. The summed E-state index contributed by atoms with van der Waals surface area (Å²) in [6.45, 7) is 2.16. The first-order chi connectivity index (χ1) is 14.0. The van der Waals surface area contributed by atoms with Crippen LogP contribution in [0.15, 0.2) is 53.9 Å². The number of nitrogens with one attached hydrogen (secondary N) is 1. The summed E-state index contributed by atoms with van der Waals surface area (Å²) in [5.41, 5.74) is 9.56. The number of fused-ring (bicyclic) bond motifs is 1. The molecular formula is C21H16Cl2N4O2. The molecule has 1 aliphatic heterocycles. The number of allylic oxidation sites excluding steroid dienone is 1. The van der Waals surface area contributed by atoms with Gasteiger partial charge in [-0.05, 0) is 36.8 Å². The number of nitrogens with zero attached hydrogens (tertiary/aromatic N) is 2. The number of halogens is 2. The van der Waals surface area contributed by atoms with Crippen molar-refractivity contribution in [2.45, 2.75) is 19.4 Å². The van der Waals surface area contributed by atoms with Crippen LogP contribution in [0.3, 0.4) is 0 Å². The number of aryl methyl sites for hydroxylation is 1. The number of H-pyrrole nitrogens is 1. The fraction of sp³-hybridized carbons (Fsp3) is 0.143. The van der Waals surface area contributed by atoms with Crippen LogP contribution in [0.1, 0.15) is 28.3 Å². The molecule has 3 aromatic rings. The first-order valence-electron chi connectivity index (χ1n) is 8.77. The molecule has 0 saturated heterocycles. The third kappa shape index (κ3) is 3.63. The molecule has 0 spiro atoms. The predicted molar refractivity (Wildman–Crippen MR) is 110 cm³/mol. The second-order valence-corrected chi connectivity index (χ2v) is 7.43. The number of nitriles is 1. The molecular weight excluding hydrogens is 411 g/mol. The number of hydrogen-bond donors (Lipinski definition) is 2. The summed E-state index contributed by atoms with van der Waals surface area (Å²) in [5, 5.41) is 17.8. The summed E-state index contributed by atoms with van der Waals surface area (Å²) in [5.74, 6) is 0.669. The van der Waals surface area contributed by atoms with Crippen molar-refractivity contribution in [3.63, 3.8) is 0 Å². The van der Waals surface area contributed by atoms with Gasteiger partial charge in [-0.3, -0.25) is 5.10 Å². The molecule has 1 aromatic heterocycles. The Morgan fingerprint density at radius 3 is 2.86 bits per heavy atom. The smallest absolute Gasteiger partial charge is 0.244 e. The molecule has 0 bridgehead atoms. The van der Waals surface area contributed by atoms with Gasteiger partial charge in [-0.15, -0.1) is 5.10 Å². The van der Waals surface area contributed by atoms with Gasteiger partial charge in [-0.1, -0.05) is 41.4 Å². The molecule has 4 rings (SSSR count). The van der Waals surface area contributed by atoms with Crippen LogP contribution in [0.2, 0.25) is 10.0 Å². The van der Waals surface area contributed by atoms with Crippen molar-refractivity contribution < 1.29 is 9.47 Å². The minimum atomic E-state index is -0.398. The monoisotopic (exact) mass is 426 g/mol. The van der Waals surface area contributed by atoms with Crippen molar-refractivity contribution >= 4 is 23.2 Å². The maximum atomic E-state index is 9.67. The Bertz CT molecular complexity index is 1160. The number of aromatic amines is 1. The Morgan fingerprint density at radius 2 is 2.10 bits per heavy atom. The van der Waals surface area contributed by atoms with E-state index < -0.39 is 5.92 Å². The van der Waals surface area contributed by atoms with Crippen LogP contribution in [0, 0.1) is 18.3 Å². The topological polar surface area (TPSA) is 97.0 Å². The van der Waals surface area contributed by atoms with E-state index in [9.17, 15) is 5.26 Å². The molecule has 29 heavy (non-hydrogen) atoms. The summed E-state index contributed by atoms with van der Waals surface area (Å²) in [6, 6.07) is 14.9. The molecule has 1 aliphatic rings. The van der Waals surface area contributed by atoms with E-state index in [0.29, 0.717) is 27.2 Å². The van der Waals surface area contributed by atoms with Crippen molar-refractivity contribution in [1.82, 2.24) is 10.2 Å². The Morgan fingerprint density at radius 1 is 1.28 bits per heavy atom. The molecule has 8 heteroatoms. The molecule has 0 saturated carbocycles. The average Bonchev–Trinajstić information content (AvgIpc) is 3.06. The lowest BCUT2D eigenvalue weighted by molar-refractivity contribution is 0.306. The molecule has 2 heterocycles. The summed E-state index contributed by atoms with van der Waals surface area (Å²) >= 11 is 12.2. The minimum absolute atomic E-state index is 0.0516. The van der Waals surface area contributed by atoms with E-state index in [1.165, 1.54) is 0 Å². The van der Waals surface area contributed by atoms with E-state index in [1.54, 1.807) is 12.1 Å². The minimum Gasteiger partial charge on any atom is -0.489 e. The molecule has 1 atom stereocenters. The van der Waals surface area contributed by atoms with Gasteiger partial charge in [0.05, 0.1) is 5.92 Å². The van der Waals surface area contributed by atoms with Crippen molar-refractivity contribution in [3.05, 3.63) is 86.4 Å². The van der Waals surface area contributed by atoms with Gasteiger partial charge in [0.15, 0.2) is 0 Å². The van der Waals surface area contributed by atoms with Crippen LogP contribution in [-0.4, -0.2) is 10.2 Å². The van der Waals surface area contributed by atoms with Crippen molar-refractivity contribution in [1.29, 1.82) is 5.26 Å². The number of hydrogen-bond acceptors (Lipinski definition) is 5. The maximum Gasteiger partial charge on any atom is 0.244 e. The van der Waals surface area contributed by atoms with E-state index in [2.05, 4.69) is 16.3 Å². The second kappa shape index (κ2) is 7.70. The van der Waals surface area contributed by atoms with Gasteiger partial charge in [-0.25, -0.2) is 0 Å². The Balaban J connectivity index is 1.66. The molecule has 6 nitrogen and oxygen atoms in total. The largest absolute Gasteiger partial charge is 0.489 e. The van der Waals surface area contributed by atoms with Gasteiger partial charge in [0.1, 0.15) is 24.0 Å². The lowest BCUT2D eigenvalue weighted by atomic mass is 9.84. The normalized spacial score (nSPS) is 15.4. The van der Waals surface area contributed by atoms with Crippen LogP contribution in [0.5, 0.6) is 11.6 Å². The zero-order valence-corrected chi connectivity index (χ0v) is 16.9. The van der Waals surface area contributed by atoms with Crippen LogP contribution in [-0.2, 0) is 6.61 Å². The zero-order valence-electron chi connectivity index (χ0n) is 15.4. The SMILES string of the molecule is Cc1[nH]nc2c1[C@@H](c1cccc(OCc3ccc(Cl)cc3Cl)c1)C(C#N)=C(N)O2. The van der Waals surface area contributed by atoms with E-state index in [-0.39, 0.29) is 12.5 Å². The first-order valence-corrected chi connectivity index (χ1v) is 9.52. The molecule has 0 aliphatic carbocycles. The molecule has 0 unspecified atom stereocenters. The number of benzene rings is 2. The summed E-state index contributed by atoms with van der Waals surface area (Å²) in [7, 11) is 0. The van der Waals surface area contributed by atoms with Crippen LogP contribution in [0.4, 0.5) is 0 Å². The van der Waals surface area contributed by atoms with Gasteiger partial charge < -0.3 is 15.2 Å². The van der Waals surface area contributed by atoms with Crippen LogP contribution >= 0.6 is 23.2 Å². The second-order valence-electron chi connectivity index (χ2n) is 6.59. The Hall–Kier alpha value is -3.14. The molecule has 0 amide bonds. The lowest BCUT2D eigenvalue weighted by Crippen LogP contribution is -2.21. The number of ether oxygens (including phenoxy) is 2. The van der Waals surface area contributed by atoms with Gasteiger partial charge in [-0.2, -0.15) is 5.26 Å². The van der Waals surface area contributed by atoms with E-state index in [4.69, 9.17) is 38.4 Å². The van der Waals surface area contributed by atoms with Crippen LogP contribution < -0.4 is 15.2 Å². The fourth-order valence-corrected chi connectivity index (χ4v) is 3.78. The van der Waals surface area contributed by atoms with Crippen molar-refractivity contribution in [2.75, 3.05) is 0 Å². The van der Waals surface area contributed by atoms with E-state index >= 15 is 0 Å². The highest BCUT2D eigenvalue weighted by molar-refractivity contribution is 6.35. The highest BCUT2D eigenvalue weighted by atomic mass is 35.5. The highest BCUT2D eigenvalue weighted by Crippen LogP contribution is 2.43. The summed E-state index contributed by atoms with van der Waals surface area (Å²) < 4.78 is 11.4. The van der Waals surface area contributed by atoms with Gasteiger partial charge in [0.2, 0.25) is 11.8 Å². The molecule has 3 N–H and O–H groups in total. The van der Waals surface area contributed by atoms with Crippen molar-refractivity contribution in [2.24, 2.45) is 5.73 Å². The average molecular weight is 427 g/mol. The van der Waals surface area contributed by atoms with E-state index in [1.807, 2.05) is 37.3 Å². The van der Waals surface area contributed by atoms with E-state index in [0.717, 1.165) is 22.4 Å². The third-order valence-corrected chi connectivity index (χ3v) is 5.32. The number of nitrogens with two attached hydrogens (primary N) is 1. The van der Waals surface area contributed by atoms with Gasteiger partial charge in [0, 0.05) is 26.9 Å². The molecule has 146 valence electrons. The fourth-order valence-electron chi connectivity index (χ4n) is 3.32. The van der Waals surface area contributed by atoms with Gasteiger partial charge in [0.25, 0.3) is 0 Å². The zero-order chi connectivity index (χ0) is 20.5. The van der Waals surface area contributed by atoms with Crippen molar-refractivity contribution in [3.8, 4) is 17.7 Å². The predicted octanol–water partition coefficient (Wildman–Crippen LogP) is 4.82. The Labute approximate surface area is 177 Å². The van der Waals surface area contributed by atoms with Crippen LogP contribution in [0.25, 0.3) is 0 Å². The number of rotatable bonds is 4. The molecule has 0 radical (unpaired) electrons. The molecule has 0 fully saturated rings. The third-order valence-electron chi connectivity index (χ3n) is 4.73. The Kier molecular flexibility index (Phi) is 5.10. The number of aromatic nitrogens is 2. The standard InChI is InChI=1S/C21H16Cl2N4O2/c1-11-18-19(16(9-24)20(25)29-21(18)27-26-11)12-3-2-4-15(7-12)28-10-13-5-6-14(22)8-17(13)23/h2-8,19H,10,25H2,1H3,(H,26,27)/t19-/m0/s1. The summed E-state index contributed by atoms with van der Waals surface area (Å²) in [6.07, 6.45) is 0.